The van der Waals surface area contributed by atoms with Crippen molar-refractivity contribution < 1.29 is 9.53 Å². The van der Waals surface area contributed by atoms with Gasteiger partial charge in [-0.2, -0.15) is 0 Å². The van der Waals surface area contributed by atoms with E-state index in [9.17, 15) is 5.11 Å². The second kappa shape index (κ2) is 8.05. The molecule has 0 aromatic carbocycles. The Morgan fingerprint density at radius 3 is 2.38 bits per heavy atom. The molecule has 5 heteroatoms. The molecule has 5 aliphatic rings. The average Bonchev–Trinajstić information content (AvgIpc) is 3.00. The maximum Gasteiger partial charge on any atom is 0.184 e. The summed E-state index contributed by atoms with van der Waals surface area (Å²) in [7, 11) is -1.47. The molecule has 1 saturated heterocycles. The van der Waals surface area contributed by atoms with E-state index < -0.39 is 13.9 Å². The number of fused-ring (bicyclic) bond motifs is 5. The van der Waals surface area contributed by atoms with E-state index in [1.807, 2.05) is 23.5 Å². The van der Waals surface area contributed by atoms with Crippen LogP contribution in [0.4, 0.5) is 0 Å². The Balaban J connectivity index is 1.37. The van der Waals surface area contributed by atoms with Crippen LogP contribution in [0.3, 0.4) is 0 Å². The van der Waals surface area contributed by atoms with Gasteiger partial charge < -0.3 is 9.53 Å². The number of aliphatic hydroxyl groups is 1. The van der Waals surface area contributed by atoms with Gasteiger partial charge in [0, 0.05) is 11.5 Å². The average molecular weight is 495 g/mol. The highest BCUT2D eigenvalue weighted by Crippen LogP contribution is 2.70. The van der Waals surface area contributed by atoms with Gasteiger partial charge in [0.15, 0.2) is 8.32 Å². The van der Waals surface area contributed by atoms with Crippen molar-refractivity contribution in [3.8, 4) is 0 Å². The second-order valence-electron chi connectivity index (χ2n) is 13.3. The fourth-order valence-corrected chi connectivity index (χ4v) is 13.5. The Kier molecular flexibility index (Phi) is 6.10. The van der Waals surface area contributed by atoms with E-state index in [-0.39, 0.29) is 9.49 Å². The molecule has 4 fully saturated rings. The molecule has 0 unspecified atom stereocenters. The van der Waals surface area contributed by atoms with Gasteiger partial charge in [0.05, 0.1) is 4.08 Å². The standard InChI is InChI=1S/C27H46O2S2Si/c1-24-13-10-20(29-32(4,5)6)18-19(24)8-9-21-22(24)11-14-25(2)23(21)12-15-27(25,28)26(3)30-16-7-17-31-26/h12,15,19-23,28H,7-11,13-14,16-18H2,1-6H3/t19-,20-,21+,22-,23-,24-,25-,27-/m0/s1. The van der Waals surface area contributed by atoms with Crippen molar-refractivity contribution in [2.24, 2.45) is 34.5 Å². The Bertz CT molecular complexity index is 759. The SMILES string of the molecule is CC1([C@]2(O)C=C[C@H]3[C@@H]4CC[C@H]5C[C@@H](O[Si](C)(C)C)CC[C@]5(C)[C@H]4CC[C@@]32C)SCCCS1. The van der Waals surface area contributed by atoms with Crippen LogP contribution in [0.25, 0.3) is 0 Å². The third kappa shape index (κ3) is 3.57. The number of rotatable bonds is 3. The lowest BCUT2D eigenvalue weighted by Gasteiger charge is -2.63. The molecule has 0 aromatic heterocycles. The molecule has 0 spiro atoms. The molecule has 1 aliphatic heterocycles. The van der Waals surface area contributed by atoms with Gasteiger partial charge >= 0.3 is 0 Å². The van der Waals surface area contributed by atoms with Crippen molar-refractivity contribution in [3.05, 3.63) is 12.2 Å². The fourth-order valence-electron chi connectivity index (χ4n) is 8.83. The molecule has 0 bridgehead atoms. The Labute approximate surface area is 206 Å². The van der Waals surface area contributed by atoms with Gasteiger partial charge in [-0.1, -0.05) is 26.0 Å². The highest BCUT2D eigenvalue weighted by atomic mass is 32.2. The first-order valence-electron chi connectivity index (χ1n) is 13.3. The summed E-state index contributed by atoms with van der Waals surface area (Å²) >= 11 is 4.04. The zero-order valence-corrected chi connectivity index (χ0v) is 23.9. The van der Waals surface area contributed by atoms with Gasteiger partial charge in [0.2, 0.25) is 0 Å². The molecule has 1 heterocycles. The molecular formula is C27H46O2S2Si. The highest BCUT2D eigenvalue weighted by molar-refractivity contribution is 8.18. The first kappa shape index (κ1) is 24.3. The summed E-state index contributed by atoms with van der Waals surface area (Å²) in [6.07, 6.45) is 15.6. The number of thioether (sulfide) groups is 2. The normalized spacial score (nSPS) is 50.4. The van der Waals surface area contributed by atoms with Crippen molar-refractivity contribution >= 4 is 31.8 Å². The molecule has 2 nitrogen and oxygen atoms in total. The maximum absolute atomic E-state index is 12.3. The summed E-state index contributed by atoms with van der Waals surface area (Å²) in [5, 5.41) is 12.3. The summed E-state index contributed by atoms with van der Waals surface area (Å²) in [5.41, 5.74) is -0.232. The van der Waals surface area contributed by atoms with Gasteiger partial charge in [-0.3, -0.25) is 0 Å². The molecule has 5 rings (SSSR count). The van der Waals surface area contributed by atoms with Gasteiger partial charge in [-0.15, -0.1) is 23.5 Å². The molecular weight excluding hydrogens is 449 g/mol. The van der Waals surface area contributed by atoms with Crippen LogP contribution in [0.2, 0.25) is 19.6 Å². The van der Waals surface area contributed by atoms with Crippen LogP contribution in [-0.2, 0) is 4.43 Å². The minimum Gasteiger partial charge on any atom is -0.415 e. The zero-order chi connectivity index (χ0) is 23.0. The molecule has 3 saturated carbocycles. The highest BCUT2D eigenvalue weighted by Gasteiger charge is 2.67. The maximum atomic E-state index is 12.3. The molecule has 4 aliphatic carbocycles. The molecule has 0 amide bonds. The lowest BCUT2D eigenvalue weighted by Crippen LogP contribution is -2.62. The largest absolute Gasteiger partial charge is 0.415 e. The van der Waals surface area contributed by atoms with Crippen LogP contribution in [0, 0.1) is 34.5 Å². The summed E-state index contributed by atoms with van der Waals surface area (Å²) < 4.78 is 6.48. The minimum absolute atomic E-state index is 0.0123. The fraction of sp³-hybridized carbons (Fsp3) is 0.926. The second-order valence-corrected chi connectivity index (χ2v) is 21.0. The topological polar surface area (TPSA) is 29.5 Å². The third-order valence-electron chi connectivity index (χ3n) is 10.5. The predicted molar refractivity (Wildman–Crippen MR) is 143 cm³/mol. The van der Waals surface area contributed by atoms with Crippen LogP contribution in [0.15, 0.2) is 12.2 Å². The van der Waals surface area contributed by atoms with Crippen molar-refractivity contribution in [1.82, 2.24) is 0 Å². The van der Waals surface area contributed by atoms with Crippen molar-refractivity contribution in [3.63, 3.8) is 0 Å². The van der Waals surface area contributed by atoms with Crippen LogP contribution in [0.5, 0.6) is 0 Å². The van der Waals surface area contributed by atoms with Crippen LogP contribution in [-0.4, -0.2) is 40.7 Å². The Morgan fingerprint density at radius 1 is 0.969 bits per heavy atom. The van der Waals surface area contributed by atoms with E-state index in [0.717, 1.165) is 17.8 Å². The molecule has 32 heavy (non-hydrogen) atoms. The van der Waals surface area contributed by atoms with Crippen LogP contribution in [0.1, 0.15) is 72.1 Å². The van der Waals surface area contributed by atoms with E-state index in [4.69, 9.17) is 4.43 Å². The van der Waals surface area contributed by atoms with E-state index in [2.05, 4.69) is 52.6 Å². The summed E-state index contributed by atoms with van der Waals surface area (Å²) in [6.45, 7) is 14.5. The van der Waals surface area contributed by atoms with Gasteiger partial charge in [-0.05, 0) is 119 Å². The van der Waals surface area contributed by atoms with E-state index in [1.165, 1.54) is 62.9 Å². The smallest absolute Gasteiger partial charge is 0.184 e. The van der Waals surface area contributed by atoms with Crippen molar-refractivity contribution in [2.45, 2.75) is 108 Å². The quantitative estimate of drug-likeness (QED) is 0.328. The summed E-state index contributed by atoms with van der Waals surface area (Å²) in [5.74, 6) is 5.31. The van der Waals surface area contributed by atoms with Gasteiger partial charge in [0.1, 0.15) is 5.60 Å². The van der Waals surface area contributed by atoms with Crippen molar-refractivity contribution in [1.29, 1.82) is 0 Å². The van der Waals surface area contributed by atoms with E-state index in [0.29, 0.717) is 17.4 Å². The minimum atomic E-state index is -1.47. The van der Waals surface area contributed by atoms with Gasteiger partial charge in [-0.25, -0.2) is 0 Å². The van der Waals surface area contributed by atoms with E-state index >= 15 is 0 Å². The van der Waals surface area contributed by atoms with Crippen LogP contribution >= 0.6 is 23.5 Å². The number of hydrogen-bond acceptors (Lipinski definition) is 4. The predicted octanol–water partition coefficient (Wildman–Crippen LogP) is 7.34. The lowest BCUT2D eigenvalue weighted by atomic mass is 9.44. The molecule has 182 valence electrons. The summed E-state index contributed by atoms with van der Waals surface area (Å²) in [6, 6.07) is 0. The summed E-state index contributed by atoms with van der Waals surface area (Å²) in [4.78, 5) is 0. The monoisotopic (exact) mass is 494 g/mol. The first-order valence-corrected chi connectivity index (χ1v) is 18.7. The number of hydrogen-bond donors (Lipinski definition) is 1. The number of allylic oxidation sites excluding steroid dienone is 1. The molecule has 0 aromatic rings. The first-order chi connectivity index (χ1) is 14.9. The molecule has 8 atom stereocenters. The zero-order valence-electron chi connectivity index (χ0n) is 21.3. The lowest BCUT2D eigenvalue weighted by molar-refractivity contribution is -0.151. The van der Waals surface area contributed by atoms with Gasteiger partial charge in [0.25, 0.3) is 0 Å². The Morgan fingerprint density at radius 2 is 1.69 bits per heavy atom. The van der Waals surface area contributed by atoms with Crippen molar-refractivity contribution in [2.75, 3.05) is 11.5 Å². The Hall–Kier alpha value is 0.577. The molecule has 1 N–H and O–H groups in total. The molecule has 0 radical (unpaired) electrons. The van der Waals surface area contributed by atoms with E-state index in [1.54, 1.807) is 0 Å². The van der Waals surface area contributed by atoms with Crippen LogP contribution < -0.4 is 0 Å². The third-order valence-corrected chi connectivity index (χ3v) is 15.0.